The molecule has 1 atom stereocenters. The van der Waals surface area contributed by atoms with Crippen LogP contribution in [0.3, 0.4) is 0 Å². The van der Waals surface area contributed by atoms with Crippen LogP contribution in [0.2, 0.25) is 0 Å². The number of nitrogens with zero attached hydrogens (tertiary/aromatic N) is 2. The maximum atomic E-state index is 13.4. The van der Waals surface area contributed by atoms with Gasteiger partial charge in [0.05, 0.1) is 0 Å². The molecule has 1 spiro atoms. The molecule has 5 nitrogen and oxygen atoms in total. The topological polar surface area (TPSA) is 60.9 Å². The Balaban J connectivity index is 1.61. The molecule has 1 amide bonds. The first-order valence-corrected chi connectivity index (χ1v) is 9.29. The lowest BCUT2D eigenvalue weighted by atomic mass is 9.72. The fourth-order valence-corrected chi connectivity index (χ4v) is 4.19. The molecular weight excluding hydrogens is 335 g/mol. The second-order valence-corrected chi connectivity index (χ2v) is 7.90. The predicted octanol–water partition coefficient (Wildman–Crippen LogP) is 2.81. The summed E-state index contributed by atoms with van der Waals surface area (Å²) in [6.45, 7) is 6.54. The second-order valence-electron chi connectivity index (χ2n) is 7.90. The van der Waals surface area contributed by atoms with Gasteiger partial charge in [0, 0.05) is 19.5 Å². The van der Waals surface area contributed by atoms with Gasteiger partial charge in [-0.3, -0.25) is 9.69 Å². The van der Waals surface area contributed by atoms with E-state index in [1.165, 1.54) is 6.07 Å². The third-order valence-electron chi connectivity index (χ3n) is 6.07. The minimum absolute atomic E-state index is 0.0346. The van der Waals surface area contributed by atoms with Gasteiger partial charge in [0.25, 0.3) is 0 Å². The van der Waals surface area contributed by atoms with Gasteiger partial charge in [0.2, 0.25) is 5.91 Å². The zero-order valence-corrected chi connectivity index (χ0v) is 15.5. The molecule has 0 bridgehead atoms. The summed E-state index contributed by atoms with van der Waals surface area (Å²) in [6, 6.07) is 4.49. The van der Waals surface area contributed by atoms with E-state index < -0.39 is 12.0 Å². The monoisotopic (exact) mass is 362 g/mol. The van der Waals surface area contributed by atoms with Crippen LogP contribution in [-0.2, 0) is 16.1 Å². The van der Waals surface area contributed by atoms with Gasteiger partial charge in [-0.15, -0.1) is 0 Å². The van der Waals surface area contributed by atoms with Crippen LogP contribution in [0.5, 0.6) is 0 Å². The first kappa shape index (κ1) is 18.8. The van der Waals surface area contributed by atoms with E-state index in [1.807, 2.05) is 12.1 Å². The van der Waals surface area contributed by atoms with Crippen LogP contribution in [-0.4, -0.2) is 52.5 Å². The van der Waals surface area contributed by atoms with Gasteiger partial charge in [-0.2, -0.15) is 0 Å². The molecule has 1 N–H and O–H groups in total. The van der Waals surface area contributed by atoms with Crippen molar-refractivity contribution in [2.75, 3.05) is 19.6 Å². The van der Waals surface area contributed by atoms with Crippen molar-refractivity contribution in [1.82, 2.24) is 9.80 Å². The second kappa shape index (κ2) is 7.35. The maximum absolute atomic E-state index is 13.4. The molecule has 0 aromatic heterocycles. The van der Waals surface area contributed by atoms with Gasteiger partial charge < -0.3 is 10.0 Å². The third kappa shape index (κ3) is 3.90. The van der Waals surface area contributed by atoms with Crippen molar-refractivity contribution in [2.24, 2.45) is 5.41 Å². The quantitative estimate of drug-likeness (QED) is 0.895. The van der Waals surface area contributed by atoms with E-state index in [-0.39, 0.29) is 17.1 Å². The molecular formula is C20H27FN2O3. The summed E-state index contributed by atoms with van der Waals surface area (Å²) in [6.07, 6.45) is 3.21. The first-order chi connectivity index (χ1) is 12.3. The highest BCUT2D eigenvalue weighted by atomic mass is 19.1. The van der Waals surface area contributed by atoms with Gasteiger partial charge in [-0.25, -0.2) is 9.18 Å². The standard InChI is InChI=1S/C20H27FN2O3/c1-14-11-16(3-4-17(14)21)12-22-9-7-20(8-10-22)6-5-18(24)23(13-20)15(2)19(25)26/h3-4,11,15H,5-10,12-13H2,1-2H3,(H,25,26)/t15-/m0/s1. The Hall–Kier alpha value is -1.95. The van der Waals surface area contributed by atoms with Crippen molar-refractivity contribution in [3.8, 4) is 0 Å². The lowest BCUT2D eigenvalue weighted by Crippen LogP contribution is -2.55. The Kier molecular flexibility index (Phi) is 5.32. The Morgan fingerprint density at radius 3 is 2.62 bits per heavy atom. The Morgan fingerprint density at radius 2 is 2.00 bits per heavy atom. The lowest BCUT2D eigenvalue weighted by Gasteiger charge is -2.48. The number of hydrogen-bond acceptors (Lipinski definition) is 3. The SMILES string of the molecule is Cc1cc(CN2CCC3(CCC(=O)N([C@@H](C)C(=O)O)C3)CC2)ccc1F. The zero-order valence-electron chi connectivity index (χ0n) is 15.5. The number of carbonyl (C=O) groups is 2. The van der Waals surface area contributed by atoms with Crippen LogP contribution in [0.15, 0.2) is 18.2 Å². The number of likely N-dealkylation sites (tertiary alicyclic amines) is 2. The molecule has 142 valence electrons. The van der Waals surface area contributed by atoms with Crippen molar-refractivity contribution in [3.63, 3.8) is 0 Å². The summed E-state index contributed by atoms with van der Waals surface area (Å²) in [5.41, 5.74) is 1.81. The van der Waals surface area contributed by atoms with Crippen molar-refractivity contribution >= 4 is 11.9 Å². The average Bonchev–Trinajstić information content (AvgIpc) is 2.62. The molecule has 2 saturated heterocycles. The molecule has 6 heteroatoms. The zero-order chi connectivity index (χ0) is 18.9. The molecule has 2 aliphatic rings. The van der Waals surface area contributed by atoms with E-state index in [1.54, 1.807) is 18.7 Å². The van der Waals surface area contributed by atoms with Gasteiger partial charge in [0.15, 0.2) is 0 Å². The first-order valence-electron chi connectivity index (χ1n) is 9.29. The minimum Gasteiger partial charge on any atom is -0.480 e. The minimum atomic E-state index is -0.945. The lowest BCUT2D eigenvalue weighted by molar-refractivity contribution is -0.155. The van der Waals surface area contributed by atoms with Crippen LogP contribution in [0, 0.1) is 18.2 Å². The van der Waals surface area contributed by atoms with Gasteiger partial charge in [-0.05, 0) is 68.8 Å². The molecule has 0 saturated carbocycles. The summed E-state index contributed by atoms with van der Waals surface area (Å²) in [4.78, 5) is 27.4. The third-order valence-corrected chi connectivity index (χ3v) is 6.07. The summed E-state index contributed by atoms with van der Waals surface area (Å²) in [5.74, 6) is -1.17. The number of aliphatic carboxylic acids is 1. The van der Waals surface area contributed by atoms with Crippen molar-refractivity contribution in [2.45, 2.75) is 52.1 Å². The smallest absolute Gasteiger partial charge is 0.326 e. The number of amides is 1. The number of hydrogen-bond donors (Lipinski definition) is 1. The average molecular weight is 362 g/mol. The number of aryl methyl sites for hydroxylation is 1. The molecule has 0 aliphatic carbocycles. The number of rotatable bonds is 4. The summed E-state index contributed by atoms with van der Waals surface area (Å²) in [7, 11) is 0. The molecule has 0 unspecified atom stereocenters. The van der Waals surface area contributed by atoms with Crippen LogP contribution < -0.4 is 0 Å². The Labute approximate surface area is 153 Å². The predicted molar refractivity (Wildman–Crippen MR) is 96.1 cm³/mol. The van der Waals surface area contributed by atoms with Crippen molar-refractivity contribution in [1.29, 1.82) is 0 Å². The molecule has 26 heavy (non-hydrogen) atoms. The molecule has 2 heterocycles. The normalized spacial score (nSPS) is 21.8. The van der Waals surface area contributed by atoms with E-state index in [9.17, 15) is 19.1 Å². The van der Waals surface area contributed by atoms with Crippen molar-refractivity contribution in [3.05, 3.63) is 35.1 Å². The number of carboxylic acids is 1. The number of halogens is 1. The van der Waals surface area contributed by atoms with Crippen molar-refractivity contribution < 1.29 is 19.1 Å². The molecule has 2 aliphatic heterocycles. The number of carboxylic acid groups (broad SMARTS) is 1. The molecule has 2 fully saturated rings. The van der Waals surface area contributed by atoms with E-state index in [0.717, 1.165) is 44.5 Å². The summed E-state index contributed by atoms with van der Waals surface area (Å²) in [5, 5.41) is 9.26. The largest absolute Gasteiger partial charge is 0.480 e. The fraction of sp³-hybridized carbons (Fsp3) is 0.600. The molecule has 1 aromatic carbocycles. The summed E-state index contributed by atoms with van der Waals surface area (Å²) >= 11 is 0. The highest BCUT2D eigenvalue weighted by molar-refractivity contribution is 5.84. The Morgan fingerprint density at radius 1 is 1.31 bits per heavy atom. The number of carbonyl (C=O) groups excluding carboxylic acids is 1. The van der Waals surface area contributed by atoms with Crippen LogP contribution in [0.1, 0.15) is 43.7 Å². The Bertz CT molecular complexity index is 698. The van der Waals surface area contributed by atoms with Crippen LogP contribution in [0.25, 0.3) is 0 Å². The fourth-order valence-electron chi connectivity index (χ4n) is 4.19. The maximum Gasteiger partial charge on any atom is 0.326 e. The van der Waals surface area contributed by atoms with E-state index in [2.05, 4.69) is 4.90 Å². The molecule has 1 aromatic rings. The highest BCUT2D eigenvalue weighted by Gasteiger charge is 2.43. The van der Waals surface area contributed by atoms with E-state index in [4.69, 9.17) is 0 Å². The van der Waals surface area contributed by atoms with Gasteiger partial charge in [0.1, 0.15) is 11.9 Å². The summed E-state index contributed by atoms with van der Waals surface area (Å²) < 4.78 is 13.4. The van der Waals surface area contributed by atoms with Gasteiger partial charge >= 0.3 is 5.97 Å². The van der Waals surface area contributed by atoms with E-state index in [0.29, 0.717) is 18.5 Å². The number of piperidine rings is 2. The van der Waals surface area contributed by atoms with Crippen LogP contribution in [0.4, 0.5) is 4.39 Å². The van der Waals surface area contributed by atoms with Gasteiger partial charge in [-0.1, -0.05) is 12.1 Å². The molecule has 3 rings (SSSR count). The highest BCUT2D eigenvalue weighted by Crippen LogP contribution is 2.41. The van der Waals surface area contributed by atoms with E-state index >= 15 is 0 Å². The molecule has 0 radical (unpaired) electrons. The number of benzene rings is 1. The van der Waals surface area contributed by atoms with Crippen LogP contribution >= 0.6 is 0 Å².